The van der Waals surface area contributed by atoms with Crippen molar-refractivity contribution in [2.24, 2.45) is 0 Å². The molecular formula is C28H26F2N2O3. The lowest BCUT2D eigenvalue weighted by Crippen LogP contribution is -2.19. The molecule has 35 heavy (non-hydrogen) atoms. The number of halogens is 2. The van der Waals surface area contributed by atoms with Crippen molar-refractivity contribution in [3.8, 4) is 28.3 Å². The first kappa shape index (κ1) is 24.3. The van der Waals surface area contributed by atoms with E-state index < -0.39 is 17.0 Å². The number of rotatable bonds is 4. The molecule has 0 unspecified atom stereocenters. The van der Waals surface area contributed by atoms with E-state index in [0.29, 0.717) is 28.4 Å². The molecule has 0 atom stereocenters. The first-order chi connectivity index (χ1) is 16.4. The highest BCUT2D eigenvalue weighted by atomic mass is 19.1. The molecule has 4 aromatic rings. The highest BCUT2D eigenvalue weighted by molar-refractivity contribution is 5.94. The fourth-order valence-corrected chi connectivity index (χ4v) is 4.03. The standard InChI is InChI=1S/C28H26F2N2O3/c1-15-11-19(17(3)33)12-16(2)25(15)32-14-18(7-10-23(32)34)24-26(35-27(31-24)28(4,5)6)21-9-8-20(29)13-22(21)30/h7-14H,1-6H3. The molecule has 0 spiro atoms. The highest BCUT2D eigenvalue weighted by Gasteiger charge is 2.27. The summed E-state index contributed by atoms with van der Waals surface area (Å²) >= 11 is 0. The van der Waals surface area contributed by atoms with Crippen molar-refractivity contribution in [3.63, 3.8) is 0 Å². The van der Waals surface area contributed by atoms with Crippen molar-refractivity contribution >= 4 is 5.78 Å². The number of hydrogen-bond donors (Lipinski definition) is 0. The Hall–Kier alpha value is -3.87. The van der Waals surface area contributed by atoms with Gasteiger partial charge in [-0.1, -0.05) is 20.8 Å². The summed E-state index contributed by atoms with van der Waals surface area (Å²) in [5.74, 6) is -1.01. The molecule has 2 aromatic heterocycles. The molecule has 5 nitrogen and oxygen atoms in total. The summed E-state index contributed by atoms with van der Waals surface area (Å²) in [4.78, 5) is 29.4. The van der Waals surface area contributed by atoms with E-state index in [9.17, 15) is 18.4 Å². The van der Waals surface area contributed by atoms with E-state index in [-0.39, 0.29) is 22.7 Å². The molecule has 0 bridgehead atoms. The van der Waals surface area contributed by atoms with Crippen LogP contribution >= 0.6 is 0 Å². The van der Waals surface area contributed by atoms with E-state index in [1.54, 1.807) is 24.4 Å². The van der Waals surface area contributed by atoms with Gasteiger partial charge in [0.25, 0.3) is 5.56 Å². The second kappa shape index (κ2) is 8.73. The van der Waals surface area contributed by atoms with Crippen LogP contribution in [0.15, 0.2) is 57.9 Å². The number of aromatic nitrogens is 2. The molecule has 0 saturated carbocycles. The van der Waals surface area contributed by atoms with Gasteiger partial charge in [0.05, 0.1) is 11.3 Å². The summed E-state index contributed by atoms with van der Waals surface area (Å²) in [6.07, 6.45) is 1.63. The number of aryl methyl sites for hydroxylation is 2. The lowest BCUT2D eigenvalue weighted by Gasteiger charge is -2.15. The zero-order valence-corrected chi connectivity index (χ0v) is 20.5. The van der Waals surface area contributed by atoms with E-state index in [1.165, 1.54) is 23.6 Å². The van der Waals surface area contributed by atoms with Gasteiger partial charge < -0.3 is 4.42 Å². The van der Waals surface area contributed by atoms with Crippen molar-refractivity contribution < 1.29 is 18.0 Å². The van der Waals surface area contributed by atoms with Gasteiger partial charge in [0.2, 0.25) is 5.89 Å². The topological polar surface area (TPSA) is 65.1 Å². The summed E-state index contributed by atoms with van der Waals surface area (Å²) in [5, 5.41) is 0. The van der Waals surface area contributed by atoms with E-state index in [4.69, 9.17) is 4.42 Å². The van der Waals surface area contributed by atoms with Crippen LogP contribution in [0.5, 0.6) is 0 Å². The van der Waals surface area contributed by atoms with Gasteiger partial charge in [0, 0.05) is 34.9 Å². The fraction of sp³-hybridized carbons (Fsp3) is 0.250. The average Bonchev–Trinajstić information content (AvgIpc) is 3.20. The second-order valence-electron chi connectivity index (χ2n) is 9.71. The Kier molecular flexibility index (Phi) is 6.05. The van der Waals surface area contributed by atoms with Gasteiger partial charge in [-0.3, -0.25) is 14.2 Å². The first-order valence-electron chi connectivity index (χ1n) is 11.2. The Morgan fingerprint density at radius 3 is 2.23 bits per heavy atom. The number of ketones is 1. The number of pyridine rings is 1. The summed E-state index contributed by atoms with van der Waals surface area (Å²) < 4.78 is 35.8. The van der Waals surface area contributed by atoms with Crippen molar-refractivity contribution in [1.82, 2.24) is 9.55 Å². The number of oxazole rings is 1. The van der Waals surface area contributed by atoms with Crippen LogP contribution in [-0.2, 0) is 5.41 Å². The number of hydrogen-bond acceptors (Lipinski definition) is 4. The number of carbonyl (C=O) groups excluding carboxylic acids is 1. The van der Waals surface area contributed by atoms with Gasteiger partial charge >= 0.3 is 0 Å². The van der Waals surface area contributed by atoms with Crippen LogP contribution in [-0.4, -0.2) is 15.3 Å². The Bertz CT molecular complexity index is 1500. The Labute approximate surface area is 202 Å². The summed E-state index contributed by atoms with van der Waals surface area (Å²) in [6, 6.07) is 9.76. The Balaban J connectivity index is 1.96. The average molecular weight is 477 g/mol. The maximum atomic E-state index is 14.7. The number of Topliss-reactive ketones (excluding diaryl/α,β-unsaturated/α-hetero) is 1. The minimum atomic E-state index is -0.775. The third-order valence-electron chi connectivity index (χ3n) is 5.77. The van der Waals surface area contributed by atoms with Crippen molar-refractivity contribution in [2.45, 2.75) is 47.0 Å². The highest BCUT2D eigenvalue weighted by Crippen LogP contribution is 2.37. The Morgan fingerprint density at radius 2 is 1.66 bits per heavy atom. The molecule has 0 N–H and O–H groups in total. The van der Waals surface area contributed by atoms with Crippen molar-refractivity contribution in [1.29, 1.82) is 0 Å². The van der Waals surface area contributed by atoms with Crippen LogP contribution < -0.4 is 5.56 Å². The summed E-state index contributed by atoms with van der Waals surface area (Å²) in [7, 11) is 0. The molecule has 0 fully saturated rings. The fourth-order valence-electron chi connectivity index (χ4n) is 4.03. The maximum absolute atomic E-state index is 14.7. The number of nitrogens with zero attached hydrogens (tertiary/aromatic N) is 2. The van der Waals surface area contributed by atoms with E-state index in [1.807, 2.05) is 34.6 Å². The molecule has 7 heteroatoms. The van der Waals surface area contributed by atoms with Gasteiger partial charge in [0.15, 0.2) is 11.5 Å². The molecule has 4 rings (SSSR count). The molecule has 180 valence electrons. The van der Waals surface area contributed by atoms with Gasteiger partial charge in [-0.15, -0.1) is 0 Å². The molecule has 0 aliphatic carbocycles. The van der Waals surface area contributed by atoms with Gasteiger partial charge in [-0.25, -0.2) is 13.8 Å². The van der Waals surface area contributed by atoms with E-state index in [0.717, 1.165) is 23.3 Å². The predicted octanol–water partition coefficient (Wildman–Crippen LogP) is 6.55. The van der Waals surface area contributed by atoms with E-state index >= 15 is 0 Å². The third kappa shape index (κ3) is 4.58. The zero-order valence-electron chi connectivity index (χ0n) is 20.5. The smallest absolute Gasteiger partial charge is 0.255 e. The Morgan fingerprint density at radius 1 is 1.00 bits per heavy atom. The molecule has 2 aromatic carbocycles. The normalized spacial score (nSPS) is 11.7. The molecular weight excluding hydrogens is 450 g/mol. The molecule has 0 aliphatic heterocycles. The van der Waals surface area contributed by atoms with Crippen LogP contribution in [0.2, 0.25) is 0 Å². The van der Waals surface area contributed by atoms with Crippen LogP contribution in [0, 0.1) is 25.5 Å². The SMILES string of the molecule is CC(=O)c1cc(C)c(-n2cc(-c3nc(C(C)(C)C)oc3-c3ccc(F)cc3F)ccc2=O)c(C)c1. The minimum Gasteiger partial charge on any atom is -0.439 e. The van der Waals surface area contributed by atoms with Crippen molar-refractivity contribution in [3.05, 3.63) is 93.2 Å². The molecule has 2 heterocycles. The van der Waals surface area contributed by atoms with Crippen LogP contribution in [0.4, 0.5) is 8.78 Å². The van der Waals surface area contributed by atoms with Crippen molar-refractivity contribution in [2.75, 3.05) is 0 Å². The second-order valence-corrected chi connectivity index (χ2v) is 9.71. The zero-order chi connectivity index (χ0) is 25.7. The third-order valence-corrected chi connectivity index (χ3v) is 5.77. The largest absolute Gasteiger partial charge is 0.439 e. The quantitative estimate of drug-likeness (QED) is 0.313. The van der Waals surface area contributed by atoms with E-state index in [2.05, 4.69) is 4.98 Å². The van der Waals surface area contributed by atoms with Crippen LogP contribution in [0.25, 0.3) is 28.3 Å². The minimum absolute atomic E-state index is 0.0629. The van der Waals surface area contributed by atoms with Crippen LogP contribution in [0.1, 0.15) is 55.1 Å². The number of carbonyl (C=O) groups is 1. The molecule has 0 aliphatic rings. The summed E-state index contributed by atoms with van der Waals surface area (Å²) in [5.41, 5.74) is 2.91. The van der Waals surface area contributed by atoms with Crippen LogP contribution in [0.3, 0.4) is 0 Å². The lowest BCUT2D eigenvalue weighted by atomic mass is 9.97. The predicted molar refractivity (Wildman–Crippen MR) is 131 cm³/mol. The van der Waals surface area contributed by atoms with Gasteiger partial charge in [-0.2, -0.15) is 0 Å². The lowest BCUT2D eigenvalue weighted by molar-refractivity contribution is 0.101. The van der Waals surface area contributed by atoms with Gasteiger partial charge in [-0.05, 0) is 62.2 Å². The molecule has 0 radical (unpaired) electrons. The first-order valence-corrected chi connectivity index (χ1v) is 11.2. The maximum Gasteiger partial charge on any atom is 0.255 e. The monoisotopic (exact) mass is 476 g/mol. The van der Waals surface area contributed by atoms with Gasteiger partial charge in [0.1, 0.15) is 17.3 Å². The molecule has 0 saturated heterocycles. The molecule has 0 amide bonds. The number of benzene rings is 2. The summed E-state index contributed by atoms with van der Waals surface area (Å²) in [6.45, 7) is 10.9.